The Kier molecular flexibility index (Phi) is 6.89. The van der Waals surface area contributed by atoms with Crippen LogP contribution in [-0.4, -0.2) is 47.2 Å². The smallest absolute Gasteiger partial charge is 0.271 e. The Bertz CT molecular complexity index is 485. The highest BCUT2D eigenvalue weighted by molar-refractivity contribution is 5.91. The van der Waals surface area contributed by atoms with Gasteiger partial charge < -0.3 is 15.2 Å². The maximum Gasteiger partial charge on any atom is 0.271 e. The average molecular weight is 283 g/mol. The molecule has 1 aromatic rings. The molecule has 0 spiro atoms. The van der Waals surface area contributed by atoms with E-state index in [1.54, 1.807) is 6.92 Å². The van der Waals surface area contributed by atoms with E-state index in [9.17, 15) is 9.59 Å². The first-order valence-corrected chi connectivity index (χ1v) is 6.58. The highest BCUT2D eigenvalue weighted by Gasteiger charge is 2.09. The van der Waals surface area contributed by atoms with E-state index in [0.29, 0.717) is 32.5 Å². The van der Waals surface area contributed by atoms with E-state index in [2.05, 4.69) is 10.4 Å². The highest BCUT2D eigenvalue weighted by Crippen LogP contribution is 1.95. The van der Waals surface area contributed by atoms with Gasteiger partial charge in [0.1, 0.15) is 5.69 Å². The van der Waals surface area contributed by atoms with Gasteiger partial charge in [-0.1, -0.05) is 0 Å². The van der Waals surface area contributed by atoms with Crippen molar-refractivity contribution >= 4 is 5.91 Å². The minimum atomic E-state index is -0.374. The second kappa shape index (κ2) is 8.44. The number of rotatable bonds is 8. The van der Waals surface area contributed by atoms with Crippen LogP contribution in [0.4, 0.5) is 0 Å². The van der Waals surface area contributed by atoms with Crippen molar-refractivity contribution in [2.45, 2.75) is 32.4 Å². The molecule has 7 heteroatoms. The fourth-order valence-corrected chi connectivity index (χ4v) is 1.60. The Morgan fingerprint density at radius 3 is 2.95 bits per heavy atom. The summed E-state index contributed by atoms with van der Waals surface area (Å²) in [4.78, 5) is 23.4. The maximum absolute atomic E-state index is 11.8. The van der Waals surface area contributed by atoms with Crippen LogP contribution in [0, 0.1) is 0 Å². The monoisotopic (exact) mass is 283 g/mol. The molecule has 0 fully saturated rings. The van der Waals surface area contributed by atoms with Crippen LogP contribution >= 0.6 is 0 Å². The van der Waals surface area contributed by atoms with Gasteiger partial charge in [-0.05, 0) is 25.8 Å². The topological polar surface area (TPSA) is 93.5 Å². The zero-order valence-corrected chi connectivity index (χ0v) is 11.8. The van der Waals surface area contributed by atoms with E-state index in [-0.39, 0.29) is 23.3 Å². The maximum atomic E-state index is 11.8. The molecule has 0 aliphatic heterocycles. The second-order valence-electron chi connectivity index (χ2n) is 4.52. The average Bonchev–Trinajstić information content (AvgIpc) is 2.42. The number of hydrogen-bond donors (Lipinski definition) is 2. The third-order valence-electron chi connectivity index (χ3n) is 2.69. The fourth-order valence-electron chi connectivity index (χ4n) is 1.60. The predicted octanol–water partition coefficient (Wildman–Crippen LogP) is -0.219. The summed E-state index contributed by atoms with van der Waals surface area (Å²) in [5.41, 5.74) is -0.0783. The molecule has 0 aromatic carbocycles. The molecule has 2 N–H and O–H groups in total. The van der Waals surface area contributed by atoms with Crippen LogP contribution in [0.3, 0.4) is 0 Å². The summed E-state index contributed by atoms with van der Waals surface area (Å²) in [7, 11) is 1.53. The van der Waals surface area contributed by atoms with Gasteiger partial charge in [0.15, 0.2) is 0 Å². The summed E-state index contributed by atoms with van der Waals surface area (Å²) in [6, 6.07) is 2.71. The summed E-state index contributed by atoms with van der Waals surface area (Å²) in [6.07, 6.45) is 0.939. The van der Waals surface area contributed by atoms with Crippen molar-refractivity contribution < 1.29 is 14.6 Å². The van der Waals surface area contributed by atoms with E-state index < -0.39 is 0 Å². The van der Waals surface area contributed by atoms with E-state index >= 15 is 0 Å². The summed E-state index contributed by atoms with van der Waals surface area (Å²) < 4.78 is 6.08. The van der Waals surface area contributed by atoms with Crippen LogP contribution in [0.25, 0.3) is 0 Å². The lowest BCUT2D eigenvalue weighted by Crippen LogP contribution is -2.31. The quantitative estimate of drug-likeness (QED) is 0.643. The van der Waals surface area contributed by atoms with Crippen LogP contribution in [0.5, 0.6) is 0 Å². The second-order valence-corrected chi connectivity index (χ2v) is 4.52. The molecule has 1 amide bonds. The molecule has 1 unspecified atom stereocenters. The number of ether oxygens (including phenoxy) is 1. The van der Waals surface area contributed by atoms with Gasteiger partial charge in [0.2, 0.25) is 0 Å². The Labute approximate surface area is 117 Å². The standard InChI is InChI=1S/C13H21N3O4/c1-10(17)4-3-7-14-13(19)11-5-6-12(18)16(15-11)8-9-20-2/h5-6,10,17H,3-4,7-9H2,1-2H3,(H,14,19). The predicted molar refractivity (Wildman–Crippen MR) is 73.6 cm³/mol. The molecule has 1 heterocycles. The summed E-state index contributed by atoms with van der Waals surface area (Å²) in [5.74, 6) is -0.332. The third-order valence-corrected chi connectivity index (χ3v) is 2.69. The van der Waals surface area contributed by atoms with Crippen LogP contribution in [0.2, 0.25) is 0 Å². The summed E-state index contributed by atoms with van der Waals surface area (Å²) in [5, 5.41) is 15.8. The number of hydrogen-bond acceptors (Lipinski definition) is 5. The number of carbonyl (C=O) groups excluding carboxylic acids is 1. The molecule has 0 bridgehead atoms. The molecule has 0 saturated carbocycles. The van der Waals surface area contributed by atoms with Gasteiger partial charge in [-0.3, -0.25) is 9.59 Å². The Morgan fingerprint density at radius 1 is 1.55 bits per heavy atom. The molecule has 112 valence electrons. The van der Waals surface area contributed by atoms with E-state index in [4.69, 9.17) is 9.84 Å². The Hall–Kier alpha value is -1.73. The van der Waals surface area contributed by atoms with Gasteiger partial charge in [-0.2, -0.15) is 5.10 Å². The third kappa shape index (κ3) is 5.50. The first-order valence-electron chi connectivity index (χ1n) is 6.58. The number of aromatic nitrogens is 2. The molecule has 20 heavy (non-hydrogen) atoms. The molecule has 1 aromatic heterocycles. The van der Waals surface area contributed by atoms with E-state index in [1.165, 1.54) is 23.9 Å². The van der Waals surface area contributed by atoms with Crippen LogP contribution in [0.1, 0.15) is 30.3 Å². The zero-order chi connectivity index (χ0) is 15.0. The van der Waals surface area contributed by atoms with Crippen molar-refractivity contribution in [3.8, 4) is 0 Å². The molecule has 0 aliphatic carbocycles. The lowest BCUT2D eigenvalue weighted by atomic mass is 10.2. The number of aliphatic hydroxyl groups excluding tert-OH is 1. The van der Waals surface area contributed by atoms with Gasteiger partial charge in [-0.15, -0.1) is 0 Å². The van der Waals surface area contributed by atoms with E-state index in [0.717, 1.165) is 0 Å². The van der Waals surface area contributed by atoms with Crippen molar-refractivity contribution in [2.75, 3.05) is 20.3 Å². The van der Waals surface area contributed by atoms with Crippen LogP contribution in [0.15, 0.2) is 16.9 Å². The van der Waals surface area contributed by atoms with Crippen molar-refractivity contribution in [3.63, 3.8) is 0 Å². The van der Waals surface area contributed by atoms with Gasteiger partial charge >= 0.3 is 0 Å². The van der Waals surface area contributed by atoms with Gasteiger partial charge in [-0.25, -0.2) is 4.68 Å². The first kappa shape index (κ1) is 16.3. The van der Waals surface area contributed by atoms with E-state index in [1.807, 2.05) is 0 Å². The number of nitrogens with one attached hydrogen (secondary N) is 1. The number of carbonyl (C=O) groups is 1. The number of amides is 1. The molecule has 1 rings (SSSR count). The fraction of sp³-hybridized carbons (Fsp3) is 0.615. The first-order chi connectivity index (χ1) is 9.54. The minimum absolute atomic E-state index is 0.192. The van der Waals surface area contributed by atoms with Crippen LogP contribution < -0.4 is 10.9 Å². The number of aliphatic hydroxyl groups is 1. The van der Waals surface area contributed by atoms with Gasteiger partial charge in [0.05, 0.1) is 19.3 Å². The molecular weight excluding hydrogens is 262 g/mol. The Balaban J connectivity index is 2.57. The zero-order valence-electron chi connectivity index (χ0n) is 11.8. The van der Waals surface area contributed by atoms with Crippen molar-refractivity contribution in [3.05, 3.63) is 28.2 Å². The molecule has 7 nitrogen and oxygen atoms in total. The van der Waals surface area contributed by atoms with Gasteiger partial charge in [0, 0.05) is 19.7 Å². The molecule has 0 saturated heterocycles. The molecule has 0 aliphatic rings. The lowest BCUT2D eigenvalue weighted by Gasteiger charge is -2.08. The molecular formula is C13H21N3O4. The minimum Gasteiger partial charge on any atom is -0.393 e. The largest absolute Gasteiger partial charge is 0.393 e. The van der Waals surface area contributed by atoms with Crippen molar-refractivity contribution in [1.29, 1.82) is 0 Å². The summed E-state index contributed by atoms with van der Waals surface area (Å²) >= 11 is 0. The normalized spacial score (nSPS) is 12.2. The summed E-state index contributed by atoms with van der Waals surface area (Å²) in [6.45, 7) is 2.82. The molecule has 0 radical (unpaired) electrons. The van der Waals surface area contributed by atoms with Crippen molar-refractivity contribution in [2.24, 2.45) is 0 Å². The Morgan fingerprint density at radius 2 is 2.30 bits per heavy atom. The van der Waals surface area contributed by atoms with Crippen LogP contribution in [-0.2, 0) is 11.3 Å². The number of nitrogens with zero attached hydrogens (tertiary/aromatic N) is 2. The highest BCUT2D eigenvalue weighted by atomic mass is 16.5. The SMILES string of the molecule is COCCn1nc(C(=O)NCCCC(C)O)ccc1=O. The lowest BCUT2D eigenvalue weighted by molar-refractivity contribution is 0.0941. The molecule has 1 atom stereocenters. The van der Waals surface area contributed by atoms with Crippen molar-refractivity contribution in [1.82, 2.24) is 15.1 Å². The van der Waals surface area contributed by atoms with Gasteiger partial charge in [0.25, 0.3) is 11.5 Å². The number of methoxy groups -OCH3 is 1.